The lowest BCUT2D eigenvalue weighted by Gasteiger charge is -2.20. The monoisotopic (exact) mass is 308 g/mol. The van der Waals surface area contributed by atoms with Gasteiger partial charge in [0, 0.05) is 6.07 Å². The molecular formula is C12H8N2O8. The van der Waals surface area contributed by atoms with E-state index in [9.17, 15) is 29.3 Å². The number of fused-ring (bicyclic) bond motifs is 1. The Morgan fingerprint density at radius 1 is 1.23 bits per heavy atom. The van der Waals surface area contributed by atoms with Gasteiger partial charge in [-0.15, -0.1) is 0 Å². The molecule has 0 saturated heterocycles. The van der Waals surface area contributed by atoms with Crippen LogP contribution in [-0.2, 0) is 9.59 Å². The fourth-order valence-electron chi connectivity index (χ4n) is 2.18. The zero-order chi connectivity index (χ0) is 16.6. The molecule has 22 heavy (non-hydrogen) atoms. The van der Waals surface area contributed by atoms with Crippen LogP contribution in [0.25, 0.3) is 0 Å². The maximum atomic E-state index is 12.2. The van der Waals surface area contributed by atoms with E-state index in [-0.39, 0.29) is 10.5 Å². The quantitative estimate of drug-likeness (QED) is 0.441. The number of aliphatic carboxylic acids is 2. The Hall–Kier alpha value is -3.30. The summed E-state index contributed by atoms with van der Waals surface area (Å²) in [4.78, 5) is 56.5. The Morgan fingerprint density at radius 2 is 1.86 bits per heavy atom. The van der Waals surface area contributed by atoms with Crippen LogP contribution >= 0.6 is 0 Å². The average Bonchev–Trinajstić information content (AvgIpc) is 2.68. The molecule has 0 aliphatic carbocycles. The van der Waals surface area contributed by atoms with Crippen LogP contribution in [0.1, 0.15) is 27.1 Å². The molecule has 1 heterocycles. The van der Waals surface area contributed by atoms with Crippen molar-refractivity contribution in [2.45, 2.75) is 12.5 Å². The number of carboxylic acids is 2. The van der Waals surface area contributed by atoms with E-state index in [1.54, 1.807) is 0 Å². The molecule has 0 spiro atoms. The van der Waals surface area contributed by atoms with E-state index in [1.807, 2.05) is 0 Å². The minimum absolute atomic E-state index is 0.230. The summed E-state index contributed by atoms with van der Waals surface area (Å²) in [7, 11) is 0. The van der Waals surface area contributed by atoms with Gasteiger partial charge in [-0.3, -0.25) is 29.4 Å². The summed E-state index contributed by atoms with van der Waals surface area (Å²) in [5.74, 6) is -5.49. The Kier molecular flexibility index (Phi) is 3.59. The molecule has 10 heteroatoms. The highest BCUT2D eigenvalue weighted by molar-refractivity contribution is 6.24. The second-order valence-corrected chi connectivity index (χ2v) is 4.39. The topological polar surface area (TPSA) is 155 Å². The third-order valence-electron chi connectivity index (χ3n) is 3.09. The van der Waals surface area contributed by atoms with Crippen LogP contribution in [0.3, 0.4) is 0 Å². The second-order valence-electron chi connectivity index (χ2n) is 4.39. The number of amides is 2. The number of hydrogen-bond donors (Lipinski definition) is 2. The second kappa shape index (κ2) is 5.24. The summed E-state index contributed by atoms with van der Waals surface area (Å²) in [6.45, 7) is 0. The van der Waals surface area contributed by atoms with Crippen molar-refractivity contribution in [3.63, 3.8) is 0 Å². The standard InChI is InChI=1S/C12H8N2O8/c15-8(16)4-7(12(19)20)13-10(17)5-2-1-3-6(14(21)22)9(5)11(13)18/h1-3,7H,4H2,(H,15,16)(H,19,20). The highest BCUT2D eigenvalue weighted by atomic mass is 16.6. The van der Waals surface area contributed by atoms with Gasteiger partial charge in [0.2, 0.25) is 0 Å². The van der Waals surface area contributed by atoms with Gasteiger partial charge in [0.15, 0.2) is 0 Å². The van der Waals surface area contributed by atoms with E-state index in [2.05, 4.69) is 0 Å². The highest BCUT2D eigenvalue weighted by Crippen LogP contribution is 2.32. The van der Waals surface area contributed by atoms with Crippen LogP contribution in [-0.4, -0.2) is 49.8 Å². The summed E-state index contributed by atoms with van der Waals surface area (Å²) >= 11 is 0. The first-order valence-electron chi connectivity index (χ1n) is 5.85. The Bertz CT molecular complexity index is 726. The third kappa shape index (κ3) is 2.26. The number of hydrogen-bond acceptors (Lipinski definition) is 6. The lowest BCUT2D eigenvalue weighted by Crippen LogP contribution is -2.46. The van der Waals surface area contributed by atoms with Gasteiger partial charge in [-0.25, -0.2) is 4.79 Å². The van der Waals surface area contributed by atoms with Gasteiger partial charge in [0.25, 0.3) is 17.5 Å². The van der Waals surface area contributed by atoms with Gasteiger partial charge in [-0.2, -0.15) is 0 Å². The predicted molar refractivity (Wildman–Crippen MR) is 67.3 cm³/mol. The largest absolute Gasteiger partial charge is 0.481 e. The molecule has 1 aromatic rings. The number of imide groups is 1. The van der Waals surface area contributed by atoms with Gasteiger partial charge in [-0.05, 0) is 6.07 Å². The van der Waals surface area contributed by atoms with Crippen molar-refractivity contribution in [1.29, 1.82) is 0 Å². The molecule has 2 amide bonds. The van der Waals surface area contributed by atoms with E-state index >= 15 is 0 Å². The van der Waals surface area contributed by atoms with Gasteiger partial charge in [0.1, 0.15) is 11.6 Å². The van der Waals surface area contributed by atoms with Crippen molar-refractivity contribution in [2.24, 2.45) is 0 Å². The van der Waals surface area contributed by atoms with E-state index in [1.165, 1.54) is 6.07 Å². The van der Waals surface area contributed by atoms with Crippen LogP contribution in [0.5, 0.6) is 0 Å². The molecule has 0 fully saturated rings. The lowest BCUT2D eigenvalue weighted by molar-refractivity contribution is -0.385. The van der Waals surface area contributed by atoms with Gasteiger partial charge < -0.3 is 10.2 Å². The Labute approximate surface area is 121 Å². The Morgan fingerprint density at radius 3 is 2.36 bits per heavy atom. The summed E-state index contributed by atoms with van der Waals surface area (Å²) in [5.41, 5.74) is -1.50. The van der Waals surface area contributed by atoms with Gasteiger partial charge in [-0.1, -0.05) is 6.07 Å². The van der Waals surface area contributed by atoms with Crippen molar-refractivity contribution in [3.8, 4) is 0 Å². The molecule has 114 valence electrons. The SMILES string of the molecule is O=C(O)CC(C(=O)O)N1C(=O)c2cccc([N+](=O)[O-])c2C1=O. The fourth-order valence-corrected chi connectivity index (χ4v) is 2.18. The number of carbonyl (C=O) groups is 4. The molecule has 1 atom stereocenters. The number of nitro benzene ring substituents is 1. The van der Waals surface area contributed by atoms with Crippen molar-refractivity contribution in [1.82, 2.24) is 4.90 Å². The summed E-state index contributed by atoms with van der Waals surface area (Å²) in [6, 6.07) is 1.38. The predicted octanol–water partition coefficient (Wildman–Crippen LogP) is 0.119. The maximum Gasteiger partial charge on any atom is 0.327 e. The lowest BCUT2D eigenvalue weighted by atomic mass is 10.1. The van der Waals surface area contributed by atoms with Crippen LogP contribution in [0, 0.1) is 10.1 Å². The minimum Gasteiger partial charge on any atom is -0.481 e. The van der Waals surface area contributed by atoms with E-state index < -0.39 is 52.4 Å². The van der Waals surface area contributed by atoms with Crippen LogP contribution in [0.2, 0.25) is 0 Å². The molecule has 1 aliphatic heterocycles. The van der Waals surface area contributed by atoms with E-state index in [0.717, 1.165) is 12.1 Å². The molecule has 0 saturated carbocycles. The summed E-state index contributed by atoms with van der Waals surface area (Å²) in [6.07, 6.45) is -1.01. The van der Waals surface area contributed by atoms with Crippen LogP contribution in [0.15, 0.2) is 18.2 Å². The molecular weight excluding hydrogens is 300 g/mol. The number of carbonyl (C=O) groups excluding carboxylic acids is 2. The Balaban J connectivity index is 2.55. The number of nitrogens with zero attached hydrogens (tertiary/aromatic N) is 2. The zero-order valence-corrected chi connectivity index (χ0v) is 10.8. The molecule has 10 nitrogen and oxygen atoms in total. The van der Waals surface area contributed by atoms with Crippen LogP contribution < -0.4 is 0 Å². The first kappa shape index (κ1) is 15.1. The first-order valence-corrected chi connectivity index (χ1v) is 5.85. The van der Waals surface area contributed by atoms with Crippen molar-refractivity contribution in [2.75, 3.05) is 0 Å². The smallest absolute Gasteiger partial charge is 0.327 e. The number of benzene rings is 1. The van der Waals surface area contributed by atoms with Gasteiger partial charge >= 0.3 is 11.9 Å². The molecule has 2 rings (SSSR count). The van der Waals surface area contributed by atoms with Crippen molar-refractivity contribution in [3.05, 3.63) is 39.4 Å². The maximum absolute atomic E-state index is 12.2. The average molecular weight is 308 g/mol. The van der Waals surface area contributed by atoms with Crippen molar-refractivity contribution >= 4 is 29.4 Å². The molecule has 1 aliphatic rings. The number of rotatable bonds is 5. The minimum atomic E-state index is -1.94. The van der Waals surface area contributed by atoms with Crippen molar-refractivity contribution < 1.29 is 34.3 Å². The number of nitro groups is 1. The first-order chi connectivity index (χ1) is 10.3. The molecule has 0 aromatic heterocycles. The normalized spacial score (nSPS) is 14.6. The van der Waals surface area contributed by atoms with Gasteiger partial charge in [0.05, 0.1) is 16.9 Å². The molecule has 1 unspecified atom stereocenters. The molecule has 1 aromatic carbocycles. The number of carboxylic acid groups (broad SMARTS) is 2. The van der Waals surface area contributed by atoms with E-state index in [4.69, 9.17) is 10.2 Å². The van der Waals surface area contributed by atoms with Crippen LogP contribution in [0.4, 0.5) is 5.69 Å². The fraction of sp³-hybridized carbons (Fsp3) is 0.167. The van der Waals surface area contributed by atoms with E-state index in [0.29, 0.717) is 0 Å². The third-order valence-corrected chi connectivity index (χ3v) is 3.09. The summed E-state index contributed by atoms with van der Waals surface area (Å²) in [5, 5.41) is 28.7. The zero-order valence-electron chi connectivity index (χ0n) is 10.8. The molecule has 0 bridgehead atoms. The molecule has 2 N–H and O–H groups in total. The highest BCUT2D eigenvalue weighted by Gasteiger charge is 2.47. The summed E-state index contributed by atoms with van der Waals surface area (Å²) < 4.78 is 0. The molecule has 0 radical (unpaired) electrons.